The van der Waals surface area contributed by atoms with Crippen LogP contribution in [0.3, 0.4) is 0 Å². The largest absolute Gasteiger partial charge is 0.356 e. The average Bonchev–Trinajstić information content (AvgIpc) is 2.36. The summed E-state index contributed by atoms with van der Waals surface area (Å²) < 4.78 is 24.6. The SMILES string of the molecule is CN(CCCNC(=O)Cc1ccc(Br)cc1)S(C)(=O)=O. The molecule has 0 unspecified atom stereocenters. The Kier molecular flexibility index (Phi) is 6.64. The van der Waals surface area contributed by atoms with Crippen molar-refractivity contribution in [2.45, 2.75) is 12.8 Å². The van der Waals surface area contributed by atoms with Gasteiger partial charge in [0.1, 0.15) is 0 Å². The lowest BCUT2D eigenvalue weighted by molar-refractivity contribution is -0.120. The Morgan fingerprint density at radius 2 is 1.90 bits per heavy atom. The van der Waals surface area contributed by atoms with Crippen LogP contribution >= 0.6 is 15.9 Å². The first-order chi connectivity index (χ1) is 9.29. The molecule has 0 saturated heterocycles. The average molecular weight is 363 g/mol. The third-order valence-corrected chi connectivity index (χ3v) is 4.66. The van der Waals surface area contributed by atoms with E-state index in [0.29, 0.717) is 25.9 Å². The number of rotatable bonds is 7. The van der Waals surface area contributed by atoms with Crippen LogP contribution in [-0.2, 0) is 21.2 Å². The van der Waals surface area contributed by atoms with Crippen molar-refractivity contribution in [2.75, 3.05) is 26.4 Å². The van der Waals surface area contributed by atoms with Gasteiger partial charge in [0.25, 0.3) is 0 Å². The van der Waals surface area contributed by atoms with Crippen LogP contribution in [0, 0.1) is 0 Å². The fraction of sp³-hybridized carbons (Fsp3) is 0.462. The summed E-state index contributed by atoms with van der Waals surface area (Å²) in [4.78, 5) is 11.7. The first-order valence-corrected chi connectivity index (χ1v) is 8.85. The lowest BCUT2D eigenvalue weighted by atomic mass is 10.1. The number of carbonyl (C=O) groups excluding carboxylic acids is 1. The van der Waals surface area contributed by atoms with Crippen LogP contribution in [0.4, 0.5) is 0 Å². The summed E-state index contributed by atoms with van der Waals surface area (Å²) >= 11 is 3.34. The minimum Gasteiger partial charge on any atom is -0.356 e. The maximum absolute atomic E-state index is 11.7. The highest BCUT2D eigenvalue weighted by molar-refractivity contribution is 9.10. The molecule has 0 aliphatic heterocycles. The van der Waals surface area contributed by atoms with E-state index in [1.54, 1.807) is 0 Å². The van der Waals surface area contributed by atoms with E-state index < -0.39 is 10.0 Å². The molecule has 7 heteroatoms. The minimum absolute atomic E-state index is 0.0608. The molecule has 0 aromatic heterocycles. The van der Waals surface area contributed by atoms with Crippen LogP contribution in [0.5, 0.6) is 0 Å². The first-order valence-electron chi connectivity index (χ1n) is 6.21. The van der Waals surface area contributed by atoms with E-state index in [9.17, 15) is 13.2 Å². The van der Waals surface area contributed by atoms with E-state index in [1.807, 2.05) is 24.3 Å². The molecule has 1 amide bonds. The lowest BCUT2D eigenvalue weighted by Crippen LogP contribution is -2.31. The molecule has 0 bridgehead atoms. The molecule has 1 rings (SSSR count). The first kappa shape index (κ1) is 17.1. The quantitative estimate of drug-likeness (QED) is 0.745. The summed E-state index contributed by atoms with van der Waals surface area (Å²) in [6.45, 7) is 0.868. The highest BCUT2D eigenvalue weighted by atomic mass is 79.9. The molecule has 0 atom stereocenters. The van der Waals surface area contributed by atoms with Crippen molar-refractivity contribution >= 4 is 31.9 Å². The second kappa shape index (κ2) is 7.75. The Bertz CT molecular complexity index is 543. The van der Waals surface area contributed by atoms with Gasteiger partial charge in [-0.3, -0.25) is 4.79 Å². The number of hydrogen-bond acceptors (Lipinski definition) is 3. The number of hydrogen-bond donors (Lipinski definition) is 1. The van der Waals surface area contributed by atoms with Gasteiger partial charge in [-0.1, -0.05) is 28.1 Å². The van der Waals surface area contributed by atoms with Crippen molar-refractivity contribution in [1.82, 2.24) is 9.62 Å². The molecule has 1 aromatic carbocycles. The normalized spacial score (nSPS) is 11.6. The molecule has 1 N–H and O–H groups in total. The van der Waals surface area contributed by atoms with Gasteiger partial charge in [-0.15, -0.1) is 0 Å². The number of benzene rings is 1. The molecular formula is C13H19BrN2O3S. The van der Waals surface area contributed by atoms with Crippen molar-refractivity contribution in [3.63, 3.8) is 0 Å². The Hall–Kier alpha value is -0.920. The van der Waals surface area contributed by atoms with Crippen LogP contribution in [0.1, 0.15) is 12.0 Å². The van der Waals surface area contributed by atoms with Gasteiger partial charge in [0.05, 0.1) is 12.7 Å². The van der Waals surface area contributed by atoms with Gasteiger partial charge < -0.3 is 5.32 Å². The van der Waals surface area contributed by atoms with Crippen molar-refractivity contribution < 1.29 is 13.2 Å². The summed E-state index contributed by atoms with van der Waals surface area (Å²) in [5, 5.41) is 2.78. The summed E-state index contributed by atoms with van der Waals surface area (Å²) in [5.74, 6) is -0.0608. The molecular weight excluding hydrogens is 344 g/mol. The number of sulfonamides is 1. The van der Waals surface area contributed by atoms with Crippen molar-refractivity contribution in [3.8, 4) is 0 Å². The molecule has 5 nitrogen and oxygen atoms in total. The van der Waals surface area contributed by atoms with Gasteiger partial charge in [0.15, 0.2) is 0 Å². The zero-order valence-electron chi connectivity index (χ0n) is 11.6. The number of nitrogens with zero attached hydrogens (tertiary/aromatic N) is 1. The van der Waals surface area contributed by atoms with E-state index in [4.69, 9.17) is 0 Å². The third-order valence-electron chi connectivity index (χ3n) is 2.82. The number of carbonyl (C=O) groups is 1. The van der Waals surface area contributed by atoms with Crippen LogP contribution in [0.2, 0.25) is 0 Å². The van der Waals surface area contributed by atoms with Crippen LogP contribution in [0.25, 0.3) is 0 Å². The minimum atomic E-state index is -3.14. The van der Waals surface area contributed by atoms with Gasteiger partial charge >= 0.3 is 0 Å². The lowest BCUT2D eigenvalue weighted by Gasteiger charge is -2.13. The van der Waals surface area contributed by atoms with E-state index in [0.717, 1.165) is 10.0 Å². The van der Waals surface area contributed by atoms with Crippen LogP contribution < -0.4 is 5.32 Å². The van der Waals surface area contributed by atoms with E-state index in [-0.39, 0.29) is 5.91 Å². The maximum Gasteiger partial charge on any atom is 0.224 e. The highest BCUT2D eigenvalue weighted by Gasteiger charge is 2.10. The zero-order valence-corrected chi connectivity index (χ0v) is 14.0. The Morgan fingerprint density at radius 1 is 1.30 bits per heavy atom. The Balaban J connectivity index is 2.25. The molecule has 0 aliphatic rings. The van der Waals surface area contributed by atoms with Crippen molar-refractivity contribution in [2.24, 2.45) is 0 Å². The smallest absolute Gasteiger partial charge is 0.224 e. The van der Waals surface area contributed by atoms with Gasteiger partial charge in [-0.05, 0) is 24.1 Å². The summed E-state index contributed by atoms with van der Waals surface area (Å²) in [7, 11) is -1.61. The van der Waals surface area contributed by atoms with Gasteiger partial charge in [-0.2, -0.15) is 0 Å². The second-order valence-corrected chi connectivity index (χ2v) is 7.60. The molecule has 0 radical (unpaired) electrons. The fourth-order valence-corrected chi connectivity index (χ4v) is 2.27. The van der Waals surface area contributed by atoms with Gasteiger partial charge in [-0.25, -0.2) is 12.7 Å². The third kappa shape index (κ3) is 6.49. The fourth-order valence-electron chi connectivity index (χ4n) is 1.55. The number of amides is 1. The monoisotopic (exact) mass is 362 g/mol. The topological polar surface area (TPSA) is 66.5 Å². The maximum atomic E-state index is 11.7. The van der Waals surface area contributed by atoms with Crippen molar-refractivity contribution in [1.29, 1.82) is 0 Å². The van der Waals surface area contributed by atoms with Gasteiger partial charge in [0, 0.05) is 24.6 Å². The number of halogens is 1. The Labute approximate surface area is 128 Å². The van der Waals surface area contributed by atoms with Crippen LogP contribution in [-0.4, -0.2) is 45.0 Å². The Morgan fingerprint density at radius 3 is 2.45 bits per heavy atom. The van der Waals surface area contributed by atoms with Crippen LogP contribution in [0.15, 0.2) is 28.7 Å². The van der Waals surface area contributed by atoms with Crippen molar-refractivity contribution in [3.05, 3.63) is 34.3 Å². The summed E-state index contributed by atoms with van der Waals surface area (Å²) in [5.41, 5.74) is 0.943. The molecule has 0 aliphatic carbocycles. The van der Waals surface area contributed by atoms with E-state index >= 15 is 0 Å². The molecule has 112 valence electrons. The molecule has 1 aromatic rings. The molecule has 20 heavy (non-hydrogen) atoms. The predicted octanol–water partition coefficient (Wildman–Crippen LogP) is 1.39. The molecule has 0 spiro atoms. The number of nitrogens with one attached hydrogen (secondary N) is 1. The highest BCUT2D eigenvalue weighted by Crippen LogP contribution is 2.10. The van der Waals surface area contributed by atoms with E-state index in [2.05, 4.69) is 21.2 Å². The molecule has 0 saturated carbocycles. The molecule has 0 heterocycles. The zero-order chi connectivity index (χ0) is 15.2. The predicted molar refractivity (Wildman–Crippen MR) is 82.9 cm³/mol. The van der Waals surface area contributed by atoms with Gasteiger partial charge in [0.2, 0.25) is 15.9 Å². The van der Waals surface area contributed by atoms with E-state index in [1.165, 1.54) is 17.6 Å². The summed E-state index contributed by atoms with van der Waals surface area (Å²) in [6.07, 6.45) is 2.09. The molecule has 0 fully saturated rings. The standard InChI is InChI=1S/C13H19BrN2O3S/c1-16(20(2,18)19)9-3-8-15-13(17)10-11-4-6-12(14)7-5-11/h4-7H,3,8-10H2,1-2H3,(H,15,17). The second-order valence-electron chi connectivity index (χ2n) is 4.59. The summed E-state index contributed by atoms with van der Waals surface area (Å²) in [6, 6.07) is 7.57.